The number of fused-ring (bicyclic) bond motifs is 1. The summed E-state index contributed by atoms with van der Waals surface area (Å²) in [6, 6.07) is 18.6. The van der Waals surface area contributed by atoms with Crippen LogP contribution in [0.15, 0.2) is 54.6 Å². The van der Waals surface area contributed by atoms with Gasteiger partial charge in [0.25, 0.3) is 0 Å². The van der Waals surface area contributed by atoms with Crippen molar-refractivity contribution in [2.24, 2.45) is 0 Å². The van der Waals surface area contributed by atoms with Gasteiger partial charge >= 0.3 is 0 Å². The summed E-state index contributed by atoms with van der Waals surface area (Å²) in [5.74, 6) is 0.0365. The zero-order valence-electron chi connectivity index (χ0n) is 16.4. The molecule has 4 nitrogen and oxygen atoms in total. The molecule has 4 rings (SSSR count). The summed E-state index contributed by atoms with van der Waals surface area (Å²) in [5.41, 5.74) is 3.66. The molecular formula is C24H28N2O2. The molecule has 2 unspecified atom stereocenters. The Morgan fingerprint density at radius 1 is 1.04 bits per heavy atom. The lowest BCUT2D eigenvalue weighted by Crippen LogP contribution is -2.40. The summed E-state index contributed by atoms with van der Waals surface area (Å²) in [6.07, 6.45) is 5.71. The van der Waals surface area contributed by atoms with Gasteiger partial charge in [0.1, 0.15) is 0 Å². The maximum Gasteiger partial charge on any atom is 0.225 e. The van der Waals surface area contributed by atoms with Crippen molar-refractivity contribution in [3.63, 3.8) is 0 Å². The summed E-state index contributed by atoms with van der Waals surface area (Å²) in [6.45, 7) is 1.51. The van der Waals surface area contributed by atoms with E-state index in [4.69, 9.17) is 0 Å². The van der Waals surface area contributed by atoms with E-state index in [1.807, 2.05) is 30.3 Å². The Kier molecular flexibility index (Phi) is 5.47. The lowest BCUT2D eigenvalue weighted by atomic mass is 9.86. The summed E-state index contributed by atoms with van der Waals surface area (Å²) in [7, 11) is 0. The highest BCUT2D eigenvalue weighted by atomic mass is 16.2. The van der Waals surface area contributed by atoms with Crippen LogP contribution in [0.2, 0.25) is 0 Å². The molecule has 28 heavy (non-hydrogen) atoms. The molecule has 2 aromatic rings. The summed E-state index contributed by atoms with van der Waals surface area (Å²) in [5, 5.41) is 2.98. The third-order valence-electron chi connectivity index (χ3n) is 5.86. The lowest BCUT2D eigenvalue weighted by Gasteiger charge is -2.37. The molecule has 2 aliphatic carbocycles. The zero-order valence-corrected chi connectivity index (χ0v) is 16.4. The number of hydrogen-bond acceptors (Lipinski definition) is 2. The minimum Gasteiger partial charge on any atom is -0.349 e. The molecule has 4 heteroatoms. The molecule has 2 aromatic carbocycles. The fourth-order valence-corrected chi connectivity index (χ4v) is 4.46. The average Bonchev–Trinajstić information content (AvgIpc) is 3.53. The van der Waals surface area contributed by atoms with Crippen LogP contribution in [-0.4, -0.2) is 22.8 Å². The number of carbonyl (C=O) groups is 2. The van der Waals surface area contributed by atoms with Gasteiger partial charge in [-0.05, 0) is 48.8 Å². The number of rotatable bonds is 6. The third-order valence-corrected chi connectivity index (χ3v) is 5.86. The topological polar surface area (TPSA) is 49.4 Å². The van der Waals surface area contributed by atoms with Crippen molar-refractivity contribution >= 4 is 11.8 Å². The van der Waals surface area contributed by atoms with Crippen LogP contribution in [0.4, 0.5) is 0 Å². The Morgan fingerprint density at radius 3 is 2.46 bits per heavy atom. The molecule has 2 atom stereocenters. The first-order valence-corrected chi connectivity index (χ1v) is 10.3. The molecule has 2 aliphatic rings. The van der Waals surface area contributed by atoms with Crippen LogP contribution >= 0.6 is 0 Å². The summed E-state index contributed by atoms with van der Waals surface area (Å²) < 4.78 is 0. The monoisotopic (exact) mass is 376 g/mol. The van der Waals surface area contributed by atoms with Gasteiger partial charge in [0.05, 0.1) is 18.5 Å². The molecule has 2 amide bonds. The lowest BCUT2D eigenvalue weighted by molar-refractivity contribution is -0.135. The van der Waals surface area contributed by atoms with Crippen LogP contribution in [0.3, 0.4) is 0 Å². The molecule has 1 fully saturated rings. The van der Waals surface area contributed by atoms with Crippen LogP contribution in [0.25, 0.3) is 0 Å². The molecule has 1 saturated carbocycles. The van der Waals surface area contributed by atoms with Gasteiger partial charge in [-0.15, -0.1) is 0 Å². The third kappa shape index (κ3) is 4.11. The van der Waals surface area contributed by atoms with Gasteiger partial charge in [-0.1, -0.05) is 54.6 Å². The molecule has 0 bridgehead atoms. The van der Waals surface area contributed by atoms with Crippen molar-refractivity contribution in [1.29, 1.82) is 0 Å². The minimum absolute atomic E-state index is 0.109. The van der Waals surface area contributed by atoms with Crippen molar-refractivity contribution in [2.45, 2.75) is 63.6 Å². The molecule has 146 valence electrons. The van der Waals surface area contributed by atoms with Crippen molar-refractivity contribution in [1.82, 2.24) is 10.2 Å². The van der Waals surface area contributed by atoms with Gasteiger partial charge in [0, 0.05) is 13.0 Å². The molecule has 0 radical (unpaired) electrons. The quantitative estimate of drug-likeness (QED) is 0.816. The number of nitrogens with zero attached hydrogens (tertiary/aromatic N) is 1. The van der Waals surface area contributed by atoms with Gasteiger partial charge in [-0.25, -0.2) is 0 Å². The Labute approximate surface area is 166 Å². The van der Waals surface area contributed by atoms with Crippen molar-refractivity contribution in [3.05, 3.63) is 71.3 Å². The smallest absolute Gasteiger partial charge is 0.225 e. The number of aryl methyl sites for hydroxylation is 1. The highest BCUT2D eigenvalue weighted by molar-refractivity contribution is 5.80. The van der Waals surface area contributed by atoms with Gasteiger partial charge in [0.2, 0.25) is 11.8 Å². The Bertz CT molecular complexity index is 845. The number of hydrogen-bond donors (Lipinski definition) is 1. The van der Waals surface area contributed by atoms with Gasteiger partial charge in [-0.2, -0.15) is 0 Å². The molecule has 0 aliphatic heterocycles. The summed E-state index contributed by atoms with van der Waals surface area (Å²) >= 11 is 0. The molecule has 0 spiro atoms. The fraction of sp³-hybridized carbons (Fsp3) is 0.417. The number of benzene rings is 2. The first-order valence-electron chi connectivity index (χ1n) is 10.3. The SMILES string of the molecule is CC(=O)NC(CC(=O)N(C1CC1)C1CCCc2ccccc21)c1ccccc1. The fourth-order valence-electron chi connectivity index (χ4n) is 4.46. The molecule has 0 saturated heterocycles. The molecule has 0 heterocycles. The standard InChI is InChI=1S/C24H28N2O2/c1-17(27)25-22(19-9-3-2-4-10-19)16-24(28)26(20-14-15-20)23-13-7-11-18-8-5-6-12-21(18)23/h2-6,8-10,12,20,22-23H,7,11,13-16H2,1H3,(H,25,27). The minimum atomic E-state index is -0.286. The summed E-state index contributed by atoms with van der Waals surface area (Å²) in [4.78, 5) is 27.4. The van der Waals surface area contributed by atoms with E-state index in [2.05, 4.69) is 34.5 Å². The first kappa shape index (κ1) is 18.7. The normalized spacial score (nSPS) is 19.4. The first-order chi connectivity index (χ1) is 13.6. The predicted octanol–water partition coefficient (Wildman–Crippen LogP) is 4.32. The molecular weight excluding hydrogens is 348 g/mol. The Morgan fingerprint density at radius 2 is 1.75 bits per heavy atom. The van der Waals surface area contributed by atoms with Crippen LogP contribution in [0.1, 0.15) is 67.8 Å². The number of amides is 2. The van der Waals surface area contributed by atoms with Crippen molar-refractivity contribution < 1.29 is 9.59 Å². The van der Waals surface area contributed by atoms with E-state index in [-0.39, 0.29) is 23.9 Å². The van der Waals surface area contributed by atoms with Crippen molar-refractivity contribution in [2.75, 3.05) is 0 Å². The van der Waals surface area contributed by atoms with Crippen molar-refractivity contribution in [3.8, 4) is 0 Å². The highest BCUT2D eigenvalue weighted by Gasteiger charge is 2.40. The van der Waals surface area contributed by atoms with Crippen LogP contribution in [-0.2, 0) is 16.0 Å². The van der Waals surface area contributed by atoms with E-state index in [1.165, 1.54) is 18.1 Å². The van der Waals surface area contributed by atoms with Crippen LogP contribution in [0, 0.1) is 0 Å². The largest absolute Gasteiger partial charge is 0.349 e. The second kappa shape index (κ2) is 8.17. The van der Waals surface area contributed by atoms with Crippen LogP contribution in [0.5, 0.6) is 0 Å². The second-order valence-electron chi connectivity index (χ2n) is 8.01. The second-order valence-corrected chi connectivity index (χ2v) is 8.01. The van der Waals surface area contributed by atoms with E-state index in [9.17, 15) is 9.59 Å². The Hall–Kier alpha value is -2.62. The maximum absolute atomic E-state index is 13.5. The Balaban J connectivity index is 1.58. The van der Waals surface area contributed by atoms with E-state index in [0.717, 1.165) is 37.7 Å². The highest BCUT2D eigenvalue weighted by Crippen LogP contribution is 2.41. The average molecular weight is 376 g/mol. The molecule has 0 aromatic heterocycles. The van der Waals surface area contributed by atoms with Gasteiger partial charge in [0.15, 0.2) is 0 Å². The van der Waals surface area contributed by atoms with Gasteiger partial charge < -0.3 is 10.2 Å². The van der Waals surface area contributed by atoms with E-state index in [0.29, 0.717) is 12.5 Å². The van der Waals surface area contributed by atoms with E-state index >= 15 is 0 Å². The maximum atomic E-state index is 13.5. The van der Waals surface area contributed by atoms with E-state index < -0.39 is 0 Å². The number of nitrogens with one attached hydrogen (secondary N) is 1. The van der Waals surface area contributed by atoms with Crippen LogP contribution < -0.4 is 5.32 Å². The number of carbonyl (C=O) groups excluding carboxylic acids is 2. The zero-order chi connectivity index (χ0) is 19.5. The van der Waals surface area contributed by atoms with E-state index in [1.54, 1.807) is 0 Å². The molecule has 1 N–H and O–H groups in total. The van der Waals surface area contributed by atoms with Gasteiger partial charge in [-0.3, -0.25) is 9.59 Å². The predicted molar refractivity (Wildman–Crippen MR) is 110 cm³/mol.